The van der Waals surface area contributed by atoms with Gasteiger partial charge in [0, 0.05) is 19.2 Å². The molecule has 1 aromatic rings. The number of hydrogen-bond acceptors (Lipinski definition) is 2. The van der Waals surface area contributed by atoms with E-state index in [-0.39, 0.29) is 6.15 Å². The Morgan fingerprint density at radius 3 is 1.82 bits per heavy atom. The molecule has 59 valence electrons. The van der Waals surface area contributed by atoms with Crippen LogP contribution in [0.2, 0.25) is 0 Å². The number of hydrogen-bond donors (Lipinski definition) is 2. The summed E-state index contributed by atoms with van der Waals surface area (Å²) in [5.74, 6) is 0. The van der Waals surface area contributed by atoms with Crippen LogP contribution in [0, 0.1) is 0 Å². The molecule has 0 spiro atoms. The Bertz CT molecular complexity index is 191. The van der Waals surface area contributed by atoms with Gasteiger partial charge in [0.05, 0.1) is 0 Å². The van der Waals surface area contributed by atoms with Gasteiger partial charge in [0.2, 0.25) is 0 Å². The van der Waals surface area contributed by atoms with Crippen LogP contribution in [0.5, 0.6) is 0 Å². The molecular formula is C8H12N3. The molecule has 0 aliphatic rings. The van der Waals surface area contributed by atoms with Gasteiger partial charge in [-0.25, -0.2) is 0 Å². The highest BCUT2D eigenvalue weighted by Crippen LogP contribution is 2.02. The van der Waals surface area contributed by atoms with Crippen molar-refractivity contribution < 1.29 is 0 Å². The number of rotatable bonds is 2. The number of benzene rings is 1. The van der Waals surface area contributed by atoms with Gasteiger partial charge in [-0.1, -0.05) is 24.3 Å². The standard InChI is InChI=1S/C8H12N2.N/c9-5-7-2-1-3-8(4-7)6-10;/h1-4H,5-6,9-10H2;. The smallest absolute Gasteiger partial charge is 0.0178 e. The van der Waals surface area contributed by atoms with Gasteiger partial charge in [-0.15, -0.1) is 0 Å². The quantitative estimate of drug-likeness (QED) is 0.627. The van der Waals surface area contributed by atoms with E-state index >= 15 is 0 Å². The average molecular weight is 150 g/mol. The van der Waals surface area contributed by atoms with Crippen LogP contribution in [0.15, 0.2) is 24.3 Å². The lowest BCUT2D eigenvalue weighted by molar-refractivity contribution is 1.03. The van der Waals surface area contributed by atoms with Crippen LogP contribution < -0.4 is 17.6 Å². The molecule has 0 aliphatic heterocycles. The Hall–Kier alpha value is -0.900. The summed E-state index contributed by atoms with van der Waals surface area (Å²) >= 11 is 0. The minimum Gasteiger partial charge on any atom is -0.326 e. The molecule has 0 saturated carbocycles. The molecular weight excluding hydrogens is 138 g/mol. The van der Waals surface area contributed by atoms with Crippen molar-refractivity contribution in [3.63, 3.8) is 0 Å². The molecule has 0 unspecified atom stereocenters. The second kappa shape index (κ2) is 4.85. The fourth-order valence-corrected chi connectivity index (χ4v) is 0.884. The fourth-order valence-electron chi connectivity index (χ4n) is 0.884. The van der Waals surface area contributed by atoms with E-state index in [2.05, 4.69) is 0 Å². The predicted octanol–water partition coefficient (Wildman–Crippen LogP) is 0.123. The van der Waals surface area contributed by atoms with E-state index in [9.17, 15) is 0 Å². The molecule has 11 heavy (non-hydrogen) atoms. The maximum atomic E-state index is 5.43. The zero-order valence-corrected chi connectivity index (χ0v) is 6.33. The van der Waals surface area contributed by atoms with Crippen LogP contribution in [0.25, 0.3) is 0 Å². The molecule has 0 atom stereocenters. The zero-order chi connectivity index (χ0) is 7.40. The van der Waals surface area contributed by atoms with Gasteiger partial charge in [0.15, 0.2) is 0 Å². The van der Waals surface area contributed by atoms with Gasteiger partial charge >= 0.3 is 0 Å². The third kappa shape index (κ3) is 2.67. The summed E-state index contributed by atoms with van der Waals surface area (Å²) in [5.41, 5.74) is 13.1. The topological polar surface area (TPSA) is 82.5 Å². The van der Waals surface area contributed by atoms with Crippen LogP contribution in [0.3, 0.4) is 0 Å². The molecule has 1 aromatic carbocycles. The van der Waals surface area contributed by atoms with Gasteiger partial charge in [-0.05, 0) is 11.1 Å². The fraction of sp³-hybridized carbons (Fsp3) is 0.250. The van der Waals surface area contributed by atoms with E-state index < -0.39 is 0 Å². The van der Waals surface area contributed by atoms with E-state index in [4.69, 9.17) is 11.5 Å². The summed E-state index contributed by atoms with van der Waals surface area (Å²) in [5, 5.41) is 0. The van der Waals surface area contributed by atoms with E-state index in [1.54, 1.807) is 0 Å². The van der Waals surface area contributed by atoms with E-state index in [1.165, 1.54) is 0 Å². The largest absolute Gasteiger partial charge is 0.326 e. The lowest BCUT2D eigenvalue weighted by atomic mass is 10.1. The summed E-state index contributed by atoms with van der Waals surface area (Å²) in [6.07, 6.45) is 0. The van der Waals surface area contributed by atoms with E-state index in [1.807, 2.05) is 24.3 Å². The Balaban J connectivity index is 0.000001000. The molecule has 1 rings (SSSR count). The van der Waals surface area contributed by atoms with Crippen molar-refractivity contribution in [1.29, 1.82) is 0 Å². The molecule has 0 aliphatic carbocycles. The van der Waals surface area contributed by atoms with Crippen molar-refractivity contribution in [3.8, 4) is 0 Å². The van der Waals surface area contributed by atoms with Crippen molar-refractivity contribution in [2.75, 3.05) is 0 Å². The average Bonchev–Trinajstić information content (AvgIpc) is 2.05. The first kappa shape index (κ1) is 10.1. The second-order valence-electron chi connectivity index (χ2n) is 2.23. The summed E-state index contributed by atoms with van der Waals surface area (Å²) < 4.78 is 0. The van der Waals surface area contributed by atoms with Crippen molar-refractivity contribution in [3.05, 3.63) is 35.4 Å². The number of nitrogens with zero attached hydrogens (tertiary/aromatic N) is 1. The Morgan fingerprint density at radius 2 is 1.45 bits per heavy atom. The molecule has 4 N–H and O–H groups in total. The third-order valence-corrected chi connectivity index (χ3v) is 1.46. The summed E-state index contributed by atoms with van der Waals surface area (Å²) in [6, 6.07) is 8.00. The van der Waals surface area contributed by atoms with E-state index in [0.29, 0.717) is 13.1 Å². The van der Waals surface area contributed by atoms with Gasteiger partial charge in [-0.3, -0.25) is 0 Å². The van der Waals surface area contributed by atoms with Crippen LogP contribution in [0.4, 0.5) is 0 Å². The highest BCUT2D eigenvalue weighted by atomic mass is 14.5. The number of nitrogens with two attached hydrogens (primary N) is 2. The first-order valence-corrected chi connectivity index (χ1v) is 3.34. The Morgan fingerprint density at radius 1 is 1.00 bits per heavy atom. The molecule has 0 bridgehead atoms. The van der Waals surface area contributed by atoms with Crippen LogP contribution in [-0.2, 0) is 13.1 Å². The third-order valence-electron chi connectivity index (χ3n) is 1.46. The molecule has 0 aromatic heterocycles. The van der Waals surface area contributed by atoms with Crippen molar-refractivity contribution in [2.45, 2.75) is 13.1 Å². The van der Waals surface area contributed by atoms with Crippen LogP contribution >= 0.6 is 0 Å². The molecule has 0 fully saturated rings. The van der Waals surface area contributed by atoms with Crippen molar-refractivity contribution in [2.24, 2.45) is 11.5 Å². The Labute approximate surface area is 67.0 Å². The van der Waals surface area contributed by atoms with Crippen LogP contribution in [-0.4, -0.2) is 0 Å². The van der Waals surface area contributed by atoms with Crippen molar-refractivity contribution >= 4 is 0 Å². The first-order valence-electron chi connectivity index (χ1n) is 3.34. The van der Waals surface area contributed by atoms with Gasteiger partial charge < -0.3 is 11.5 Å². The SMILES string of the molecule is NCc1cccc(CN)c1.[N]. The zero-order valence-electron chi connectivity index (χ0n) is 6.33. The summed E-state index contributed by atoms with van der Waals surface area (Å²) in [4.78, 5) is 0. The first-order chi connectivity index (χ1) is 4.86. The monoisotopic (exact) mass is 150 g/mol. The highest BCUT2D eigenvalue weighted by Gasteiger charge is 1.89. The molecule has 0 saturated heterocycles. The maximum absolute atomic E-state index is 5.43. The summed E-state index contributed by atoms with van der Waals surface area (Å²) in [7, 11) is 0. The minimum atomic E-state index is 0. The molecule has 0 heterocycles. The molecule has 3 heteroatoms. The molecule has 3 radical (unpaired) electrons. The van der Waals surface area contributed by atoms with Gasteiger partial charge in [0.25, 0.3) is 0 Å². The molecule has 3 nitrogen and oxygen atoms in total. The molecule has 0 amide bonds. The highest BCUT2D eigenvalue weighted by molar-refractivity contribution is 5.22. The van der Waals surface area contributed by atoms with E-state index in [0.717, 1.165) is 11.1 Å². The van der Waals surface area contributed by atoms with Gasteiger partial charge in [-0.2, -0.15) is 0 Å². The normalized spacial score (nSPS) is 8.91. The lowest BCUT2D eigenvalue weighted by Gasteiger charge is -1.98. The van der Waals surface area contributed by atoms with Crippen molar-refractivity contribution in [1.82, 2.24) is 6.15 Å². The van der Waals surface area contributed by atoms with Crippen LogP contribution in [0.1, 0.15) is 11.1 Å². The van der Waals surface area contributed by atoms with Gasteiger partial charge in [0.1, 0.15) is 0 Å². The minimum absolute atomic E-state index is 0. The second-order valence-corrected chi connectivity index (χ2v) is 2.23. The maximum Gasteiger partial charge on any atom is 0.0178 e. The Kier molecular flexibility index (Phi) is 4.45. The summed E-state index contributed by atoms with van der Waals surface area (Å²) in [6.45, 7) is 1.18. The predicted molar refractivity (Wildman–Crippen MR) is 44.4 cm³/mol. The lowest BCUT2D eigenvalue weighted by Crippen LogP contribution is -2.00.